The van der Waals surface area contributed by atoms with E-state index < -0.39 is 0 Å². The van der Waals surface area contributed by atoms with Gasteiger partial charge in [-0.05, 0) is 39.1 Å². The summed E-state index contributed by atoms with van der Waals surface area (Å²) >= 11 is 0. The zero-order chi connectivity index (χ0) is 19.5. The van der Waals surface area contributed by atoms with Gasteiger partial charge in [0.05, 0.1) is 11.1 Å². The molecule has 1 fully saturated rings. The largest absolute Gasteiger partial charge is 0.338 e. The first kappa shape index (κ1) is 18.6. The number of likely N-dealkylation sites (N-methyl/N-ethyl adjacent to an activating group) is 1. The van der Waals surface area contributed by atoms with Crippen molar-refractivity contribution in [2.24, 2.45) is 0 Å². The van der Waals surface area contributed by atoms with Crippen LogP contribution in [-0.2, 0) is 6.54 Å². The second kappa shape index (κ2) is 8.06. The van der Waals surface area contributed by atoms with Gasteiger partial charge >= 0.3 is 0 Å². The number of benzene rings is 1. The van der Waals surface area contributed by atoms with Crippen molar-refractivity contribution in [2.75, 3.05) is 33.7 Å². The number of piperidine rings is 1. The monoisotopic (exact) mass is 378 g/mol. The highest BCUT2D eigenvalue weighted by atomic mass is 16.2. The third kappa shape index (κ3) is 3.75. The Balaban J connectivity index is 1.54. The number of imidazole rings is 1. The molecule has 0 saturated carbocycles. The Hall–Kier alpha value is -2.80. The molecule has 1 saturated heterocycles. The molecule has 0 N–H and O–H groups in total. The molecule has 3 aromatic rings. The number of carbonyl (C=O) groups excluding carboxylic acids is 1. The minimum absolute atomic E-state index is 0.0298. The van der Waals surface area contributed by atoms with Gasteiger partial charge in [-0.2, -0.15) is 0 Å². The Morgan fingerprint density at radius 2 is 2.04 bits per heavy atom. The van der Waals surface area contributed by atoms with Crippen molar-refractivity contribution >= 4 is 16.9 Å². The van der Waals surface area contributed by atoms with Gasteiger partial charge in [0.15, 0.2) is 0 Å². The third-order valence-corrected chi connectivity index (χ3v) is 5.34. The van der Waals surface area contributed by atoms with Gasteiger partial charge in [0.25, 0.3) is 5.91 Å². The molecule has 0 bridgehead atoms. The van der Waals surface area contributed by atoms with E-state index in [4.69, 9.17) is 0 Å². The van der Waals surface area contributed by atoms with Crippen molar-refractivity contribution in [3.63, 3.8) is 0 Å². The molecule has 0 aliphatic carbocycles. The van der Waals surface area contributed by atoms with Gasteiger partial charge in [-0.25, -0.2) is 4.98 Å². The van der Waals surface area contributed by atoms with Crippen molar-refractivity contribution in [2.45, 2.75) is 25.3 Å². The maximum absolute atomic E-state index is 13.3. The second-order valence-electron chi connectivity index (χ2n) is 7.60. The predicted octanol–water partition coefficient (Wildman–Crippen LogP) is 2.41. The van der Waals surface area contributed by atoms with Crippen molar-refractivity contribution in [3.05, 3.63) is 54.4 Å². The topological polar surface area (TPSA) is 67.2 Å². The molecule has 1 aliphatic heterocycles. The number of likely N-dealkylation sites (tertiary alicyclic amines) is 1. The number of hydrogen-bond donors (Lipinski definition) is 0. The summed E-state index contributed by atoms with van der Waals surface area (Å²) in [6, 6.07) is 5.61. The lowest BCUT2D eigenvalue weighted by molar-refractivity contribution is 0.0705. The quantitative estimate of drug-likeness (QED) is 0.682. The molecular weight excluding hydrogens is 352 g/mol. The summed E-state index contributed by atoms with van der Waals surface area (Å²) in [7, 11) is 4.15. The molecule has 1 amide bonds. The first-order chi connectivity index (χ1) is 13.6. The lowest BCUT2D eigenvalue weighted by Gasteiger charge is -2.33. The molecule has 146 valence electrons. The van der Waals surface area contributed by atoms with E-state index in [1.807, 2.05) is 35.5 Å². The Morgan fingerprint density at radius 1 is 1.18 bits per heavy atom. The van der Waals surface area contributed by atoms with E-state index in [9.17, 15) is 4.79 Å². The molecule has 2 aromatic heterocycles. The van der Waals surface area contributed by atoms with Gasteiger partial charge in [0, 0.05) is 56.9 Å². The van der Waals surface area contributed by atoms with E-state index in [2.05, 4.69) is 38.5 Å². The highest BCUT2D eigenvalue weighted by Crippen LogP contribution is 2.27. The number of hydrogen-bond acceptors (Lipinski definition) is 5. The molecule has 28 heavy (non-hydrogen) atoms. The number of para-hydroxylation sites is 1. The molecular formula is C21H26N6O. The number of aromatic nitrogens is 4. The summed E-state index contributed by atoms with van der Waals surface area (Å²) in [5, 5.41) is 0. The molecule has 7 nitrogen and oxygen atoms in total. The van der Waals surface area contributed by atoms with Crippen LogP contribution in [-0.4, -0.2) is 69.0 Å². The number of nitrogens with zero attached hydrogens (tertiary/aromatic N) is 6. The third-order valence-electron chi connectivity index (χ3n) is 5.34. The highest BCUT2D eigenvalue weighted by molar-refractivity contribution is 6.04. The highest BCUT2D eigenvalue weighted by Gasteiger charge is 2.29. The average molecular weight is 378 g/mol. The summed E-state index contributed by atoms with van der Waals surface area (Å²) in [5.41, 5.74) is 2.05. The summed E-state index contributed by atoms with van der Waals surface area (Å²) in [5.74, 6) is 1.37. The van der Waals surface area contributed by atoms with Gasteiger partial charge in [0.1, 0.15) is 11.3 Å². The maximum atomic E-state index is 13.3. The lowest BCUT2D eigenvalue weighted by Crippen LogP contribution is -2.40. The fourth-order valence-electron chi connectivity index (χ4n) is 3.89. The molecule has 1 atom stereocenters. The molecule has 3 heterocycles. The Morgan fingerprint density at radius 3 is 2.89 bits per heavy atom. The SMILES string of the molecule is CN(C)CCn1ccnc1C1CCCN(C(=O)c2cccc3nccnc23)C1. The van der Waals surface area contributed by atoms with E-state index in [-0.39, 0.29) is 11.8 Å². The smallest absolute Gasteiger partial charge is 0.256 e. The Bertz CT molecular complexity index is 961. The fourth-order valence-corrected chi connectivity index (χ4v) is 3.89. The van der Waals surface area contributed by atoms with Crippen LogP contribution >= 0.6 is 0 Å². The molecule has 7 heteroatoms. The molecule has 1 aromatic carbocycles. The standard InChI is InChI=1S/C21H26N6O/c1-25(2)13-14-26-12-10-24-20(26)16-5-4-11-27(15-16)21(28)17-6-3-7-18-19(17)23-9-8-22-18/h3,6-10,12,16H,4-5,11,13-15H2,1-2H3. The number of amides is 1. The summed E-state index contributed by atoms with van der Waals surface area (Å²) in [4.78, 5) is 30.7. The van der Waals surface area contributed by atoms with Crippen LogP contribution in [0, 0.1) is 0 Å². The molecule has 4 rings (SSSR count). The van der Waals surface area contributed by atoms with Crippen LogP contribution in [0.2, 0.25) is 0 Å². The second-order valence-corrected chi connectivity index (χ2v) is 7.60. The fraction of sp³-hybridized carbons (Fsp3) is 0.429. The van der Waals surface area contributed by atoms with Crippen molar-refractivity contribution in [1.82, 2.24) is 29.3 Å². The molecule has 0 spiro atoms. The number of rotatable bonds is 5. The predicted molar refractivity (Wildman–Crippen MR) is 108 cm³/mol. The maximum Gasteiger partial charge on any atom is 0.256 e. The van der Waals surface area contributed by atoms with Gasteiger partial charge in [-0.15, -0.1) is 0 Å². The van der Waals surface area contributed by atoms with Gasteiger partial charge < -0.3 is 14.4 Å². The van der Waals surface area contributed by atoms with Crippen LogP contribution < -0.4 is 0 Å². The Kier molecular flexibility index (Phi) is 5.34. The van der Waals surface area contributed by atoms with Crippen LogP contribution in [0.15, 0.2) is 43.0 Å². The van der Waals surface area contributed by atoms with E-state index >= 15 is 0 Å². The molecule has 1 aliphatic rings. The number of carbonyl (C=O) groups is 1. The number of fused-ring (bicyclic) bond motifs is 1. The zero-order valence-electron chi connectivity index (χ0n) is 16.5. The van der Waals surface area contributed by atoms with Crippen LogP contribution in [0.1, 0.15) is 34.9 Å². The van der Waals surface area contributed by atoms with Crippen LogP contribution in [0.3, 0.4) is 0 Å². The lowest BCUT2D eigenvalue weighted by atomic mass is 9.96. The van der Waals surface area contributed by atoms with Gasteiger partial charge in [-0.1, -0.05) is 6.07 Å². The Labute approximate surface area is 165 Å². The van der Waals surface area contributed by atoms with Crippen molar-refractivity contribution in [3.8, 4) is 0 Å². The normalized spacial score (nSPS) is 17.4. The van der Waals surface area contributed by atoms with Crippen molar-refractivity contribution in [1.29, 1.82) is 0 Å². The zero-order valence-corrected chi connectivity index (χ0v) is 16.5. The minimum atomic E-state index is 0.0298. The van der Waals surface area contributed by atoms with Crippen molar-refractivity contribution < 1.29 is 4.79 Å². The summed E-state index contributed by atoms with van der Waals surface area (Å²) in [6.45, 7) is 3.33. The van der Waals surface area contributed by atoms with Crippen LogP contribution in [0.5, 0.6) is 0 Å². The van der Waals surface area contributed by atoms with E-state index in [1.54, 1.807) is 12.4 Å². The average Bonchev–Trinajstić information content (AvgIpc) is 3.20. The molecule has 1 unspecified atom stereocenters. The van der Waals surface area contributed by atoms with Crippen LogP contribution in [0.4, 0.5) is 0 Å². The minimum Gasteiger partial charge on any atom is -0.338 e. The van der Waals surface area contributed by atoms with E-state index in [0.29, 0.717) is 17.6 Å². The first-order valence-corrected chi connectivity index (χ1v) is 9.78. The first-order valence-electron chi connectivity index (χ1n) is 9.78. The van der Waals surface area contributed by atoms with Gasteiger partial charge in [-0.3, -0.25) is 14.8 Å². The van der Waals surface area contributed by atoms with Crippen LogP contribution in [0.25, 0.3) is 11.0 Å². The summed E-state index contributed by atoms with van der Waals surface area (Å²) in [6.07, 6.45) is 9.23. The molecule has 0 radical (unpaired) electrons. The summed E-state index contributed by atoms with van der Waals surface area (Å²) < 4.78 is 2.22. The van der Waals surface area contributed by atoms with E-state index in [1.165, 1.54) is 0 Å². The van der Waals surface area contributed by atoms with E-state index in [0.717, 1.165) is 43.8 Å². The van der Waals surface area contributed by atoms with Gasteiger partial charge in [0.2, 0.25) is 0 Å².